The zero-order valence-electron chi connectivity index (χ0n) is 13.9. The lowest BCUT2D eigenvalue weighted by Gasteiger charge is -2.35. The normalized spacial score (nSPS) is 25.6. The fourth-order valence-electron chi connectivity index (χ4n) is 4.09. The smallest absolute Gasteiger partial charge is 0.256 e. The first-order chi connectivity index (χ1) is 11.1. The van der Waals surface area contributed by atoms with E-state index in [0.29, 0.717) is 6.04 Å². The van der Waals surface area contributed by atoms with Gasteiger partial charge in [-0.3, -0.25) is 10.1 Å². The SMILES string of the molecule is CCC1CN2C(=O)c3ccccc3C2(c2cc(C)ccc2C)N1. The zero-order valence-corrected chi connectivity index (χ0v) is 13.9. The molecule has 1 N–H and O–H groups in total. The summed E-state index contributed by atoms with van der Waals surface area (Å²) in [4.78, 5) is 15.0. The van der Waals surface area contributed by atoms with Gasteiger partial charge in [-0.05, 0) is 31.9 Å². The molecular formula is C20H22N2O. The molecule has 118 valence electrons. The highest BCUT2D eigenvalue weighted by molar-refractivity contribution is 6.01. The van der Waals surface area contributed by atoms with Gasteiger partial charge in [0.1, 0.15) is 5.66 Å². The Morgan fingerprint density at radius 2 is 1.96 bits per heavy atom. The van der Waals surface area contributed by atoms with Crippen molar-refractivity contribution in [3.63, 3.8) is 0 Å². The van der Waals surface area contributed by atoms with E-state index in [0.717, 1.165) is 24.1 Å². The molecule has 0 saturated carbocycles. The average molecular weight is 306 g/mol. The van der Waals surface area contributed by atoms with Crippen LogP contribution in [0.25, 0.3) is 0 Å². The van der Waals surface area contributed by atoms with Crippen molar-refractivity contribution in [1.29, 1.82) is 0 Å². The van der Waals surface area contributed by atoms with E-state index in [1.807, 2.05) is 23.1 Å². The minimum absolute atomic E-state index is 0.143. The first-order valence-electron chi connectivity index (χ1n) is 8.35. The van der Waals surface area contributed by atoms with E-state index >= 15 is 0 Å². The van der Waals surface area contributed by atoms with Crippen LogP contribution in [0.5, 0.6) is 0 Å². The zero-order chi connectivity index (χ0) is 16.2. The van der Waals surface area contributed by atoms with Crippen molar-refractivity contribution in [2.75, 3.05) is 6.54 Å². The van der Waals surface area contributed by atoms with Crippen LogP contribution in [-0.2, 0) is 5.66 Å². The predicted octanol–water partition coefficient (Wildman–Crippen LogP) is 3.34. The number of amides is 1. The van der Waals surface area contributed by atoms with E-state index in [-0.39, 0.29) is 5.91 Å². The Hall–Kier alpha value is -2.13. The quantitative estimate of drug-likeness (QED) is 0.923. The molecule has 2 aromatic carbocycles. The molecule has 2 heterocycles. The van der Waals surface area contributed by atoms with Gasteiger partial charge in [0.05, 0.1) is 0 Å². The van der Waals surface area contributed by atoms with Gasteiger partial charge in [-0.2, -0.15) is 0 Å². The van der Waals surface area contributed by atoms with Gasteiger partial charge in [0.15, 0.2) is 0 Å². The summed E-state index contributed by atoms with van der Waals surface area (Å²) in [6.45, 7) is 7.18. The van der Waals surface area contributed by atoms with Crippen LogP contribution < -0.4 is 5.32 Å². The van der Waals surface area contributed by atoms with Gasteiger partial charge in [0, 0.05) is 29.3 Å². The number of benzene rings is 2. The van der Waals surface area contributed by atoms with E-state index in [2.05, 4.69) is 50.4 Å². The number of nitrogens with zero attached hydrogens (tertiary/aromatic N) is 1. The first kappa shape index (κ1) is 14.5. The summed E-state index contributed by atoms with van der Waals surface area (Å²) in [7, 11) is 0. The summed E-state index contributed by atoms with van der Waals surface area (Å²) in [6, 6.07) is 14.9. The van der Waals surface area contributed by atoms with Gasteiger partial charge in [0.25, 0.3) is 5.91 Å². The molecule has 1 saturated heterocycles. The fraction of sp³-hybridized carbons (Fsp3) is 0.350. The van der Waals surface area contributed by atoms with E-state index in [1.165, 1.54) is 16.7 Å². The Kier molecular flexibility index (Phi) is 3.10. The van der Waals surface area contributed by atoms with Gasteiger partial charge >= 0.3 is 0 Å². The Labute approximate surface area is 137 Å². The van der Waals surface area contributed by atoms with Crippen molar-refractivity contribution in [2.24, 2.45) is 0 Å². The van der Waals surface area contributed by atoms with Gasteiger partial charge in [-0.1, -0.05) is 48.9 Å². The number of carbonyl (C=O) groups excluding carboxylic acids is 1. The van der Waals surface area contributed by atoms with Crippen molar-refractivity contribution in [3.8, 4) is 0 Å². The van der Waals surface area contributed by atoms with Crippen LogP contribution in [0.4, 0.5) is 0 Å². The Morgan fingerprint density at radius 3 is 2.74 bits per heavy atom. The summed E-state index contributed by atoms with van der Waals surface area (Å²) in [6.07, 6.45) is 1.01. The summed E-state index contributed by atoms with van der Waals surface area (Å²) in [5, 5.41) is 3.79. The molecule has 2 atom stereocenters. The maximum atomic E-state index is 13.0. The third-order valence-electron chi connectivity index (χ3n) is 5.29. The molecule has 0 spiro atoms. The molecule has 0 bridgehead atoms. The summed E-state index contributed by atoms with van der Waals surface area (Å²) in [5.74, 6) is 0.143. The lowest BCUT2D eigenvalue weighted by Crippen LogP contribution is -2.48. The van der Waals surface area contributed by atoms with E-state index < -0.39 is 5.66 Å². The number of fused-ring (bicyclic) bond motifs is 3. The molecule has 2 unspecified atom stereocenters. The van der Waals surface area contributed by atoms with Crippen LogP contribution in [0.1, 0.15) is 46.0 Å². The van der Waals surface area contributed by atoms with E-state index in [1.54, 1.807) is 0 Å². The second-order valence-electron chi connectivity index (χ2n) is 6.74. The topological polar surface area (TPSA) is 32.3 Å². The summed E-state index contributed by atoms with van der Waals surface area (Å²) >= 11 is 0. The third kappa shape index (κ3) is 1.83. The number of aryl methyl sites for hydroxylation is 2. The molecule has 0 aliphatic carbocycles. The maximum Gasteiger partial charge on any atom is 0.256 e. The van der Waals surface area contributed by atoms with E-state index in [9.17, 15) is 4.79 Å². The summed E-state index contributed by atoms with van der Waals surface area (Å²) < 4.78 is 0. The number of hydrogen-bond donors (Lipinski definition) is 1. The van der Waals surface area contributed by atoms with Crippen LogP contribution in [0, 0.1) is 13.8 Å². The van der Waals surface area contributed by atoms with Crippen LogP contribution in [0.2, 0.25) is 0 Å². The highest BCUT2D eigenvalue weighted by Gasteiger charge is 2.56. The minimum Gasteiger partial charge on any atom is -0.311 e. The first-order valence-corrected chi connectivity index (χ1v) is 8.35. The highest BCUT2D eigenvalue weighted by atomic mass is 16.2. The monoisotopic (exact) mass is 306 g/mol. The summed E-state index contributed by atoms with van der Waals surface area (Å²) in [5.41, 5.74) is 5.05. The second kappa shape index (κ2) is 4.93. The fourth-order valence-corrected chi connectivity index (χ4v) is 4.09. The van der Waals surface area contributed by atoms with Crippen molar-refractivity contribution >= 4 is 5.91 Å². The molecule has 3 nitrogen and oxygen atoms in total. The van der Waals surface area contributed by atoms with Crippen LogP contribution in [0.15, 0.2) is 42.5 Å². The van der Waals surface area contributed by atoms with Crippen LogP contribution >= 0.6 is 0 Å². The van der Waals surface area contributed by atoms with Gasteiger partial charge in [0.2, 0.25) is 0 Å². The number of carbonyl (C=O) groups is 1. The molecule has 3 heteroatoms. The molecule has 0 radical (unpaired) electrons. The van der Waals surface area contributed by atoms with Gasteiger partial charge < -0.3 is 4.90 Å². The van der Waals surface area contributed by atoms with Gasteiger partial charge in [-0.15, -0.1) is 0 Å². The number of rotatable bonds is 2. The van der Waals surface area contributed by atoms with Gasteiger partial charge in [-0.25, -0.2) is 0 Å². The second-order valence-corrected chi connectivity index (χ2v) is 6.74. The molecule has 1 amide bonds. The minimum atomic E-state index is -0.509. The Balaban J connectivity index is 2.02. The molecule has 2 aromatic rings. The number of nitrogens with one attached hydrogen (secondary N) is 1. The third-order valence-corrected chi connectivity index (χ3v) is 5.29. The van der Waals surface area contributed by atoms with Crippen molar-refractivity contribution in [1.82, 2.24) is 10.2 Å². The molecule has 1 fully saturated rings. The lowest BCUT2D eigenvalue weighted by molar-refractivity contribution is 0.0693. The Bertz CT molecular complexity index is 798. The van der Waals surface area contributed by atoms with Crippen LogP contribution in [-0.4, -0.2) is 23.4 Å². The van der Waals surface area contributed by atoms with Crippen molar-refractivity contribution in [3.05, 3.63) is 70.3 Å². The molecule has 2 aliphatic heterocycles. The standard InChI is InChI=1S/C20H22N2O/c1-4-15-12-22-19(23)16-7-5-6-8-17(16)20(22,21-15)18-11-13(2)9-10-14(18)3/h5-11,15,21H,4,12H2,1-3H3. The van der Waals surface area contributed by atoms with E-state index in [4.69, 9.17) is 0 Å². The molecule has 4 rings (SSSR count). The molecule has 0 aromatic heterocycles. The Morgan fingerprint density at radius 1 is 1.17 bits per heavy atom. The molecule has 23 heavy (non-hydrogen) atoms. The van der Waals surface area contributed by atoms with Crippen LogP contribution in [0.3, 0.4) is 0 Å². The number of hydrogen-bond acceptors (Lipinski definition) is 2. The lowest BCUT2D eigenvalue weighted by atomic mass is 9.87. The largest absolute Gasteiger partial charge is 0.311 e. The average Bonchev–Trinajstić information content (AvgIpc) is 3.06. The predicted molar refractivity (Wildman–Crippen MR) is 91.4 cm³/mol. The highest BCUT2D eigenvalue weighted by Crippen LogP contribution is 2.46. The van der Waals surface area contributed by atoms with Crippen molar-refractivity contribution < 1.29 is 4.79 Å². The molecular weight excluding hydrogens is 284 g/mol. The van der Waals surface area contributed by atoms with Crippen molar-refractivity contribution in [2.45, 2.75) is 38.9 Å². The molecule has 2 aliphatic rings. The maximum absolute atomic E-state index is 13.0.